The lowest BCUT2D eigenvalue weighted by atomic mass is 10.00. The van der Waals surface area contributed by atoms with E-state index in [2.05, 4.69) is 9.97 Å². The molecule has 4 rings (SSSR count). The molecule has 1 unspecified atom stereocenters. The van der Waals surface area contributed by atoms with Gasteiger partial charge in [-0.25, -0.2) is 9.97 Å². The summed E-state index contributed by atoms with van der Waals surface area (Å²) in [6, 6.07) is 5.83. The SMILES string of the molecule is Cc1cc2cncn2c(C2CCCCN2C(=O)Cc2cccnc2)n1. The third-order valence-electron chi connectivity index (χ3n) is 4.76. The molecule has 6 nitrogen and oxygen atoms in total. The van der Waals surface area contributed by atoms with Gasteiger partial charge in [-0.05, 0) is 43.9 Å². The Morgan fingerprint density at radius 2 is 2.20 bits per heavy atom. The molecule has 6 heteroatoms. The number of amides is 1. The predicted molar refractivity (Wildman–Crippen MR) is 94.0 cm³/mol. The monoisotopic (exact) mass is 335 g/mol. The van der Waals surface area contributed by atoms with Gasteiger partial charge >= 0.3 is 0 Å². The van der Waals surface area contributed by atoms with Gasteiger partial charge < -0.3 is 4.90 Å². The van der Waals surface area contributed by atoms with Crippen molar-refractivity contribution < 1.29 is 4.79 Å². The number of nitrogens with zero attached hydrogens (tertiary/aromatic N) is 5. The zero-order valence-corrected chi connectivity index (χ0v) is 14.3. The van der Waals surface area contributed by atoms with Crippen molar-refractivity contribution in [2.24, 2.45) is 0 Å². The molecule has 0 saturated carbocycles. The van der Waals surface area contributed by atoms with Crippen molar-refractivity contribution in [2.75, 3.05) is 6.54 Å². The number of aryl methyl sites for hydroxylation is 1. The van der Waals surface area contributed by atoms with Crippen LogP contribution in [-0.2, 0) is 11.2 Å². The molecule has 1 atom stereocenters. The minimum atomic E-state index is -0.00507. The fourth-order valence-electron chi connectivity index (χ4n) is 3.60. The number of pyridine rings is 1. The highest BCUT2D eigenvalue weighted by atomic mass is 16.2. The van der Waals surface area contributed by atoms with Crippen molar-refractivity contribution in [3.8, 4) is 0 Å². The summed E-state index contributed by atoms with van der Waals surface area (Å²) in [5.74, 6) is 1.04. The molecule has 0 radical (unpaired) electrons. The summed E-state index contributed by atoms with van der Waals surface area (Å²) in [4.78, 5) is 28.1. The Hall–Kier alpha value is -2.76. The molecule has 0 aromatic carbocycles. The first kappa shape index (κ1) is 15.7. The van der Waals surface area contributed by atoms with Gasteiger partial charge in [-0.1, -0.05) is 6.07 Å². The number of rotatable bonds is 3. The molecule has 0 bridgehead atoms. The van der Waals surface area contributed by atoms with Crippen LogP contribution in [0.2, 0.25) is 0 Å². The van der Waals surface area contributed by atoms with Crippen LogP contribution in [0.5, 0.6) is 0 Å². The Labute approximate surface area is 146 Å². The Kier molecular flexibility index (Phi) is 4.17. The number of aromatic nitrogens is 4. The van der Waals surface area contributed by atoms with Crippen LogP contribution in [0.1, 0.15) is 42.4 Å². The Morgan fingerprint density at radius 1 is 1.28 bits per heavy atom. The number of carbonyl (C=O) groups is 1. The minimum absolute atomic E-state index is 0.00507. The summed E-state index contributed by atoms with van der Waals surface area (Å²) >= 11 is 0. The van der Waals surface area contributed by atoms with Gasteiger partial charge in [-0.3, -0.25) is 14.2 Å². The molecule has 1 aliphatic heterocycles. The maximum absolute atomic E-state index is 13.0. The molecular formula is C19H21N5O. The van der Waals surface area contributed by atoms with Gasteiger partial charge in [0.25, 0.3) is 0 Å². The molecule has 1 fully saturated rings. The van der Waals surface area contributed by atoms with Crippen LogP contribution < -0.4 is 0 Å². The van der Waals surface area contributed by atoms with Crippen LogP contribution in [0.15, 0.2) is 43.1 Å². The second-order valence-corrected chi connectivity index (χ2v) is 6.58. The van der Waals surface area contributed by atoms with E-state index >= 15 is 0 Å². The lowest BCUT2D eigenvalue weighted by molar-refractivity contribution is -0.134. The van der Waals surface area contributed by atoms with Crippen molar-refractivity contribution >= 4 is 11.4 Å². The summed E-state index contributed by atoms with van der Waals surface area (Å²) in [6.45, 7) is 2.76. The highest BCUT2D eigenvalue weighted by Gasteiger charge is 2.30. The maximum atomic E-state index is 13.0. The fourth-order valence-corrected chi connectivity index (χ4v) is 3.60. The van der Waals surface area contributed by atoms with Gasteiger partial charge in [0.2, 0.25) is 5.91 Å². The quantitative estimate of drug-likeness (QED) is 0.738. The van der Waals surface area contributed by atoms with E-state index in [4.69, 9.17) is 4.98 Å². The molecular weight excluding hydrogens is 314 g/mol. The predicted octanol–water partition coefficient (Wildman–Crippen LogP) is 2.73. The third kappa shape index (κ3) is 3.12. The van der Waals surface area contributed by atoms with Gasteiger partial charge in [0.1, 0.15) is 12.2 Å². The van der Waals surface area contributed by atoms with E-state index in [0.29, 0.717) is 6.42 Å². The van der Waals surface area contributed by atoms with E-state index in [9.17, 15) is 4.79 Å². The number of likely N-dealkylation sites (tertiary alicyclic amines) is 1. The van der Waals surface area contributed by atoms with Gasteiger partial charge in [0.15, 0.2) is 0 Å². The van der Waals surface area contributed by atoms with E-state index in [-0.39, 0.29) is 11.9 Å². The highest BCUT2D eigenvalue weighted by molar-refractivity contribution is 5.79. The molecule has 1 saturated heterocycles. The van der Waals surface area contributed by atoms with Crippen LogP contribution in [0.3, 0.4) is 0 Å². The van der Waals surface area contributed by atoms with E-state index in [1.54, 1.807) is 18.7 Å². The molecule has 1 amide bonds. The molecule has 3 aromatic rings. The van der Waals surface area contributed by atoms with Crippen molar-refractivity contribution in [3.05, 3.63) is 60.2 Å². The zero-order valence-electron chi connectivity index (χ0n) is 14.3. The van der Waals surface area contributed by atoms with Crippen molar-refractivity contribution in [2.45, 2.75) is 38.6 Å². The van der Waals surface area contributed by atoms with Crippen LogP contribution in [-0.4, -0.2) is 36.7 Å². The van der Waals surface area contributed by atoms with Crippen LogP contribution in [0, 0.1) is 6.92 Å². The summed E-state index contributed by atoms with van der Waals surface area (Å²) in [7, 11) is 0. The summed E-state index contributed by atoms with van der Waals surface area (Å²) in [5.41, 5.74) is 2.92. The van der Waals surface area contributed by atoms with Crippen molar-refractivity contribution in [1.29, 1.82) is 0 Å². The summed E-state index contributed by atoms with van der Waals surface area (Å²) < 4.78 is 2.01. The van der Waals surface area contributed by atoms with Crippen LogP contribution >= 0.6 is 0 Å². The van der Waals surface area contributed by atoms with Gasteiger partial charge in [0, 0.05) is 24.6 Å². The number of hydrogen-bond donors (Lipinski definition) is 0. The normalized spacial score (nSPS) is 17.8. The van der Waals surface area contributed by atoms with E-state index < -0.39 is 0 Å². The Morgan fingerprint density at radius 3 is 3.04 bits per heavy atom. The lowest BCUT2D eigenvalue weighted by Crippen LogP contribution is -2.40. The first-order valence-corrected chi connectivity index (χ1v) is 8.70. The molecule has 3 aromatic heterocycles. The maximum Gasteiger partial charge on any atom is 0.227 e. The first-order valence-electron chi connectivity index (χ1n) is 8.70. The van der Waals surface area contributed by atoms with Crippen LogP contribution in [0.25, 0.3) is 5.52 Å². The van der Waals surface area contributed by atoms with Gasteiger partial charge in [-0.2, -0.15) is 0 Å². The topological polar surface area (TPSA) is 63.4 Å². The van der Waals surface area contributed by atoms with E-state index in [0.717, 1.165) is 48.4 Å². The van der Waals surface area contributed by atoms with Crippen LogP contribution in [0.4, 0.5) is 0 Å². The smallest absolute Gasteiger partial charge is 0.227 e. The zero-order chi connectivity index (χ0) is 17.2. The van der Waals surface area contributed by atoms with E-state index in [1.807, 2.05) is 40.6 Å². The van der Waals surface area contributed by atoms with Crippen molar-refractivity contribution in [1.82, 2.24) is 24.3 Å². The van der Waals surface area contributed by atoms with E-state index in [1.165, 1.54) is 0 Å². The minimum Gasteiger partial charge on any atom is -0.332 e. The molecule has 1 aliphatic rings. The fraction of sp³-hybridized carbons (Fsp3) is 0.368. The second kappa shape index (κ2) is 6.63. The Balaban J connectivity index is 1.66. The number of carbonyl (C=O) groups excluding carboxylic acids is 1. The molecule has 4 heterocycles. The summed E-state index contributed by atoms with van der Waals surface area (Å²) in [6.07, 6.45) is 10.6. The molecule has 0 N–H and O–H groups in total. The molecule has 0 spiro atoms. The number of imidazole rings is 1. The van der Waals surface area contributed by atoms with Gasteiger partial charge in [0.05, 0.1) is 24.2 Å². The molecule has 128 valence electrons. The molecule has 0 aliphatic carbocycles. The standard InChI is InChI=1S/C19H21N5O/c1-14-9-16-12-21-13-24(16)19(22-14)17-6-2-3-8-23(17)18(25)10-15-5-4-7-20-11-15/h4-5,7,9,11-13,17H,2-3,6,8,10H2,1H3. The van der Waals surface area contributed by atoms with Gasteiger partial charge in [-0.15, -0.1) is 0 Å². The number of piperidine rings is 1. The lowest BCUT2D eigenvalue weighted by Gasteiger charge is -2.35. The Bertz CT molecular complexity index is 889. The highest BCUT2D eigenvalue weighted by Crippen LogP contribution is 2.31. The first-order chi connectivity index (χ1) is 12.2. The third-order valence-corrected chi connectivity index (χ3v) is 4.76. The second-order valence-electron chi connectivity index (χ2n) is 6.58. The number of hydrogen-bond acceptors (Lipinski definition) is 4. The summed E-state index contributed by atoms with van der Waals surface area (Å²) in [5, 5.41) is 0. The average molecular weight is 335 g/mol. The number of fused-ring (bicyclic) bond motifs is 1. The largest absolute Gasteiger partial charge is 0.332 e. The molecule has 25 heavy (non-hydrogen) atoms. The van der Waals surface area contributed by atoms with Crippen molar-refractivity contribution in [3.63, 3.8) is 0 Å². The average Bonchev–Trinajstić information content (AvgIpc) is 3.10.